The quantitative estimate of drug-likeness (QED) is 0.704. The lowest BCUT2D eigenvalue weighted by Gasteiger charge is -2.07. The van der Waals surface area contributed by atoms with Gasteiger partial charge in [-0.05, 0) is 24.3 Å². The highest BCUT2D eigenvalue weighted by atomic mass is 79.9. The second-order valence-corrected chi connectivity index (χ2v) is 5.47. The lowest BCUT2D eigenvalue weighted by molar-refractivity contribution is -0.115. The molecule has 6 nitrogen and oxygen atoms in total. The first-order valence-corrected chi connectivity index (χ1v) is 7.29. The van der Waals surface area contributed by atoms with Crippen molar-refractivity contribution in [3.8, 4) is 0 Å². The molecule has 1 heterocycles. The van der Waals surface area contributed by atoms with Crippen molar-refractivity contribution in [3.05, 3.63) is 40.0 Å². The fourth-order valence-electron chi connectivity index (χ4n) is 1.59. The largest absolute Gasteiger partial charge is 0.369 e. The van der Waals surface area contributed by atoms with Crippen LogP contribution in [-0.4, -0.2) is 22.4 Å². The van der Waals surface area contributed by atoms with Crippen molar-refractivity contribution in [2.75, 3.05) is 22.9 Å². The van der Waals surface area contributed by atoms with Crippen LogP contribution in [0.2, 0.25) is 5.15 Å². The Morgan fingerprint density at radius 2 is 2.00 bits per heavy atom. The highest BCUT2D eigenvalue weighted by Crippen LogP contribution is 2.15. The first-order chi connectivity index (χ1) is 10.0. The van der Waals surface area contributed by atoms with Crippen molar-refractivity contribution in [2.24, 2.45) is 0 Å². The first-order valence-electron chi connectivity index (χ1n) is 6.12. The molecule has 0 unspecified atom stereocenters. The number of nitrogens with zero attached hydrogens (tertiary/aromatic N) is 2. The maximum absolute atomic E-state index is 11.8. The number of aromatic nitrogens is 2. The molecular weight excluding hydrogens is 358 g/mol. The molecule has 2 aromatic rings. The maximum Gasteiger partial charge on any atom is 0.226 e. The average molecular weight is 371 g/mol. The second kappa shape index (κ2) is 7.24. The van der Waals surface area contributed by atoms with Crippen molar-refractivity contribution in [1.82, 2.24) is 9.97 Å². The summed E-state index contributed by atoms with van der Waals surface area (Å²) in [5.74, 6) is 0.478. The van der Waals surface area contributed by atoms with Gasteiger partial charge in [0, 0.05) is 29.2 Å². The minimum atomic E-state index is -0.0991. The van der Waals surface area contributed by atoms with Crippen LogP contribution in [0.4, 0.5) is 17.5 Å². The minimum absolute atomic E-state index is 0.0873. The summed E-state index contributed by atoms with van der Waals surface area (Å²) in [6.07, 6.45) is 0.289. The van der Waals surface area contributed by atoms with E-state index in [1.807, 2.05) is 24.3 Å². The first kappa shape index (κ1) is 15.5. The predicted molar refractivity (Wildman–Crippen MR) is 87.3 cm³/mol. The summed E-state index contributed by atoms with van der Waals surface area (Å²) in [6.45, 7) is 0.412. The number of anilines is 3. The molecule has 0 aliphatic heterocycles. The van der Waals surface area contributed by atoms with Crippen LogP contribution >= 0.6 is 27.5 Å². The van der Waals surface area contributed by atoms with Gasteiger partial charge < -0.3 is 16.4 Å². The van der Waals surface area contributed by atoms with Gasteiger partial charge in [-0.3, -0.25) is 4.79 Å². The number of carbonyl (C=O) groups excluding carboxylic acids is 1. The third-order valence-corrected chi connectivity index (χ3v) is 3.22. The number of amides is 1. The normalized spacial score (nSPS) is 10.2. The average Bonchev–Trinajstić information content (AvgIpc) is 2.40. The van der Waals surface area contributed by atoms with E-state index in [9.17, 15) is 4.79 Å². The zero-order valence-corrected chi connectivity index (χ0v) is 13.3. The third kappa shape index (κ3) is 5.20. The molecule has 8 heteroatoms. The Bertz CT molecular complexity index is 615. The summed E-state index contributed by atoms with van der Waals surface area (Å²) in [6, 6.07) is 8.91. The van der Waals surface area contributed by atoms with Gasteiger partial charge in [-0.2, -0.15) is 4.98 Å². The van der Waals surface area contributed by atoms with E-state index >= 15 is 0 Å². The van der Waals surface area contributed by atoms with Gasteiger partial charge in [-0.25, -0.2) is 4.98 Å². The van der Waals surface area contributed by atoms with Gasteiger partial charge in [0.2, 0.25) is 11.9 Å². The Balaban J connectivity index is 1.80. The monoisotopic (exact) mass is 369 g/mol. The number of rotatable bonds is 5. The van der Waals surface area contributed by atoms with E-state index in [1.165, 1.54) is 0 Å². The zero-order chi connectivity index (χ0) is 15.2. The minimum Gasteiger partial charge on any atom is -0.369 e. The molecule has 0 aliphatic rings. The highest BCUT2D eigenvalue weighted by Gasteiger charge is 2.04. The van der Waals surface area contributed by atoms with E-state index in [0.717, 1.165) is 10.2 Å². The molecule has 110 valence electrons. The Morgan fingerprint density at radius 1 is 1.29 bits per heavy atom. The molecule has 0 spiro atoms. The number of halogens is 2. The smallest absolute Gasteiger partial charge is 0.226 e. The number of hydrogen-bond acceptors (Lipinski definition) is 5. The number of nitrogens with two attached hydrogens (primary N) is 1. The molecule has 0 fully saturated rings. The van der Waals surface area contributed by atoms with Crippen molar-refractivity contribution in [3.63, 3.8) is 0 Å². The van der Waals surface area contributed by atoms with Crippen molar-refractivity contribution < 1.29 is 4.79 Å². The van der Waals surface area contributed by atoms with Crippen LogP contribution in [0.1, 0.15) is 6.42 Å². The predicted octanol–water partition coefficient (Wildman–Crippen LogP) is 2.92. The number of benzene rings is 1. The molecule has 21 heavy (non-hydrogen) atoms. The topological polar surface area (TPSA) is 92.9 Å². The third-order valence-electron chi connectivity index (χ3n) is 2.50. The standard InChI is InChI=1S/C13H13BrClN5O/c14-8-1-3-9(4-2-8)18-12(21)5-6-17-11-7-10(15)19-13(16)20-11/h1-4,7H,5-6H2,(H,18,21)(H3,16,17,19,20). The molecule has 0 atom stereocenters. The summed E-state index contributed by atoms with van der Waals surface area (Å²) in [5, 5.41) is 6.02. The summed E-state index contributed by atoms with van der Waals surface area (Å²) in [5.41, 5.74) is 6.22. The fraction of sp³-hybridized carbons (Fsp3) is 0.154. The Labute approximate surface area is 135 Å². The number of nitrogen functional groups attached to an aromatic ring is 1. The summed E-state index contributed by atoms with van der Waals surface area (Å²) < 4.78 is 0.959. The Hall–Kier alpha value is -1.86. The number of nitrogens with one attached hydrogen (secondary N) is 2. The van der Waals surface area contributed by atoms with Crippen LogP contribution in [0.5, 0.6) is 0 Å². The van der Waals surface area contributed by atoms with Gasteiger partial charge in [0.05, 0.1) is 0 Å². The lowest BCUT2D eigenvalue weighted by atomic mass is 10.3. The lowest BCUT2D eigenvalue weighted by Crippen LogP contribution is -2.16. The van der Waals surface area contributed by atoms with Crippen LogP contribution in [0.15, 0.2) is 34.8 Å². The zero-order valence-electron chi connectivity index (χ0n) is 10.9. The molecule has 1 aromatic heterocycles. The summed E-state index contributed by atoms with van der Waals surface area (Å²) in [4.78, 5) is 19.5. The van der Waals surface area contributed by atoms with Gasteiger partial charge in [0.15, 0.2) is 0 Å². The van der Waals surface area contributed by atoms with Gasteiger partial charge in [-0.15, -0.1) is 0 Å². The Morgan fingerprint density at radius 3 is 2.67 bits per heavy atom. The summed E-state index contributed by atoms with van der Waals surface area (Å²) >= 11 is 9.09. The molecule has 1 aromatic carbocycles. The molecule has 0 saturated carbocycles. The van der Waals surface area contributed by atoms with Crippen LogP contribution < -0.4 is 16.4 Å². The molecule has 0 bridgehead atoms. The molecule has 4 N–H and O–H groups in total. The van der Waals surface area contributed by atoms with Crippen molar-refractivity contribution in [2.45, 2.75) is 6.42 Å². The molecular formula is C13H13BrClN5O. The van der Waals surface area contributed by atoms with Crippen LogP contribution in [0.25, 0.3) is 0 Å². The molecule has 1 amide bonds. The fourth-order valence-corrected chi connectivity index (χ4v) is 2.04. The molecule has 2 rings (SSSR count). The second-order valence-electron chi connectivity index (χ2n) is 4.17. The van der Waals surface area contributed by atoms with Crippen molar-refractivity contribution >= 4 is 50.9 Å². The van der Waals surface area contributed by atoms with E-state index in [-0.39, 0.29) is 23.4 Å². The molecule has 0 saturated heterocycles. The van der Waals surface area contributed by atoms with Gasteiger partial charge >= 0.3 is 0 Å². The highest BCUT2D eigenvalue weighted by molar-refractivity contribution is 9.10. The van der Waals surface area contributed by atoms with Gasteiger partial charge in [0.25, 0.3) is 0 Å². The van der Waals surface area contributed by atoms with Gasteiger partial charge in [0.1, 0.15) is 11.0 Å². The van der Waals surface area contributed by atoms with E-state index in [4.69, 9.17) is 17.3 Å². The maximum atomic E-state index is 11.8. The number of hydrogen-bond donors (Lipinski definition) is 3. The van der Waals surface area contributed by atoms with E-state index in [0.29, 0.717) is 12.4 Å². The molecule has 0 radical (unpaired) electrons. The molecule has 0 aliphatic carbocycles. The van der Waals surface area contributed by atoms with E-state index < -0.39 is 0 Å². The van der Waals surface area contributed by atoms with Crippen LogP contribution in [0, 0.1) is 0 Å². The number of carbonyl (C=O) groups is 1. The van der Waals surface area contributed by atoms with Gasteiger partial charge in [-0.1, -0.05) is 27.5 Å². The van der Waals surface area contributed by atoms with E-state index in [1.54, 1.807) is 6.07 Å². The summed E-state index contributed by atoms with van der Waals surface area (Å²) in [7, 11) is 0. The Kier molecular flexibility index (Phi) is 5.35. The van der Waals surface area contributed by atoms with Crippen molar-refractivity contribution in [1.29, 1.82) is 0 Å². The van der Waals surface area contributed by atoms with E-state index in [2.05, 4.69) is 36.5 Å². The van der Waals surface area contributed by atoms with Crippen LogP contribution in [0.3, 0.4) is 0 Å². The SMILES string of the molecule is Nc1nc(Cl)cc(NCCC(=O)Nc2ccc(Br)cc2)n1. The van der Waals surface area contributed by atoms with Crippen LogP contribution in [-0.2, 0) is 4.79 Å².